The van der Waals surface area contributed by atoms with Crippen LogP contribution in [0.25, 0.3) is 22.3 Å². The summed E-state index contributed by atoms with van der Waals surface area (Å²) in [6, 6.07) is 13.5. The van der Waals surface area contributed by atoms with Crippen LogP contribution in [0.15, 0.2) is 61.3 Å². The number of fused-ring (bicyclic) bond motifs is 3. The summed E-state index contributed by atoms with van der Waals surface area (Å²) in [5.41, 5.74) is 3.93. The molecule has 4 aromatic rings. The number of hydrogen-bond acceptors (Lipinski definition) is 6. The lowest BCUT2D eigenvalue weighted by Gasteiger charge is -2.56. The first kappa shape index (κ1) is 16.6. The summed E-state index contributed by atoms with van der Waals surface area (Å²) >= 11 is 0. The Morgan fingerprint density at radius 3 is 2.69 bits per heavy atom. The van der Waals surface area contributed by atoms with Crippen LogP contribution in [0.4, 0.5) is 5.82 Å². The molecule has 0 aromatic carbocycles. The van der Waals surface area contributed by atoms with Gasteiger partial charge in [-0.25, -0.2) is 15.0 Å². The van der Waals surface area contributed by atoms with Crippen molar-refractivity contribution in [1.82, 2.24) is 29.8 Å². The normalized spacial score (nSPS) is 21.3. The monoisotopic (exact) mass is 383 g/mol. The van der Waals surface area contributed by atoms with Crippen molar-refractivity contribution in [2.45, 2.75) is 25.0 Å². The zero-order valence-electron chi connectivity index (χ0n) is 15.9. The molecule has 3 aliphatic heterocycles. The summed E-state index contributed by atoms with van der Waals surface area (Å²) in [5.74, 6) is 1.04. The fraction of sp³-hybridized carbons (Fsp3) is 0.273. The van der Waals surface area contributed by atoms with Gasteiger partial charge in [0.25, 0.3) is 0 Å². The van der Waals surface area contributed by atoms with Crippen LogP contribution in [0.5, 0.6) is 0 Å². The van der Waals surface area contributed by atoms with Crippen LogP contribution >= 0.6 is 0 Å². The van der Waals surface area contributed by atoms with Crippen LogP contribution in [0, 0.1) is 0 Å². The molecular weight excluding hydrogens is 362 g/mol. The van der Waals surface area contributed by atoms with Gasteiger partial charge in [-0.05, 0) is 36.8 Å². The summed E-state index contributed by atoms with van der Waals surface area (Å²) < 4.78 is 0. The third kappa shape index (κ3) is 2.86. The molecule has 3 fully saturated rings. The van der Waals surface area contributed by atoms with E-state index in [4.69, 9.17) is 4.98 Å². The highest BCUT2D eigenvalue weighted by molar-refractivity contribution is 5.90. The Morgan fingerprint density at radius 2 is 1.90 bits per heavy atom. The van der Waals surface area contributed by atoms with Gasteiger partial charge in [-0.3, -0.25) is 9.88 Å². The maximum Gasteiger partial charge on any atom is 0.141 e. The van der Waals surface area contributed by atoms with Crippen LogP contribution in [0.1, 0.15) is 12.1 Å². The van der Waals surface area contributed by atoms with Gasteiger partial charge in [-0.1, -0.05) is 6.07 Å². The second kappa shape index (κ2) is 6.63. The number of pyridine rings is 2. The smallest absolute Gasteiger partial charge is 0.141 e. The van der Waals surface area contributed by atoms with E-state index in [-0.39, 0.29) is 0 Å². The molecule has 2 bridgehead atoms. The molecule has 29 heavy (non-hydrogen) atoms. The molecule has 0 amide bonds. The molecule has 0 radical (unpaired) electrons. The maximum absolute atomic E-state index is 4.76. The minimum Gasteiger partial charge on any atom is -0.353 e. The van der Waals surface area contributed by atoms with Gasteiger partial charge in [0.05, 0.1) is 11.4 Å². The van der Waals surface area contributed by atoms with Crippen molar-refractivity contribution in [3.05, 3.63) is 67.0 Å². The van der Waals surface area contributed by atoms with Crippen LogP contribution < -0.4 is 4.90 Å². The molecule has 7 heterocycles. The summed E-state index contributed by atoms with van der Waals surface area (Å²) in [6.45, 7) is 2.98. The first-order valence-electron chi connectivity index (χ1n) is 10.0. The number of aromatic nitrogens is 5. The van der Waals surface area contributed by atoms with Gasteiger partial charge in [0.15, 0.2) is 0 Å². The molecule has 0 aliphatic carbocycles. The molecule has 3 saturated heterocycles. The molecule has 4 aromatic heterocycles. The lowest BCUT2D eigenvalue weighted by molar-refractivity contribution is -0.00967. The second-order valence-electron chi connectivity index (χ2n) is 7.81. The van der Waals surface area contributed by atoms with Crippen LogP contribution in [0.3, 0.4) is 0 Å². The molecule has 0 saturated carbocycles. The van der Waals surface area contributed by atoms with E-state index in [1.54, 1.807) is 6.33 Å². The molecule has 7 rings (SSSR count). The van der Waals surface area contributed by atoms with Gasteiger partial charge < -0.3 is 9.88 Å². The Labute approximate surface area is 168 Å². The molecule has 7 heteroatoms. The predicted molar refractivity (Wildman–Crippen MR) is 111 cm³/mol. The molecule has 7 nitrogen and oxygen atoms in total. The molecular formula is C22H21N7. The van der Waals surface area contributed by atoms with Crippen molar-refractivity contribution in [3.63, 3.8) is 0 Å². The number of piperazine rings is 1. The summed E-state index contributed by atoms with van der Waals surface area (Å²) in [7, 11) is 0. The van der Waals surface area contributed by atoms with Crippen molar-refractivity contribution in [1.29, 1.82) is 0 Å². The topological polar surface area (TPSA) is 73.8 Å². The van der Waals surface area contributed by atoms with E-state index in [9.17, 15) is 0 Å². The number of hydrogen-bond donors (Lipinski definition) is 1. The minimum atomic E-state index is 0.582. The van der Waals surface area contributed by atoms with E-state index in [0.717, 1.165) is 53.4 Å². The number of anilines is 1. The highest BCUT2D eigenvalue weighted by Crippen LogP contribution is 2.35. The van der Waals surface area contributed by atoms with E-state index in [1.165, 1.54) is 6.42 Å². The van der Waals surface area contributed by atoms with Crippen LogP contribution in [-0.2, 0) is 6.54 Å². The van der Waals surface area contributed by atoms with E-state index in [1.807, 2.05) is 30.7 Å². The molecule has 3 aliphatic rings. The first-order valence-corrected chi connectivity index (χ1v) is 10.0. The van der Waals surface area contributed by atoms with Crippen molar-refractivity contribution in [2.75, 3.05) is 18.0 Å². The van der Waals surface area contributed by atoms with Gasteiger partial charge in [-0.15, -0.1) is 0 Å². The number of aromatic amines is 1. The lowest BCUT2D eigenvalue weighted by Crippen LogP contribution is -2.68. The van der Waals surface area contributed by atoms with Gasteiger partial charge in [0, 0.05) is 61.3 Å². The second-order valence-corrected chi connectivity index (χ2v) is 7.81. The summed E-state index contributed by atoms with van der Waals surface area (Å²) in [4.78, 5) is 26.1. The Kier molecular flexibility index (Phi) is 3.80. The zero-order chi connectivity index (χ0) is 19.2. The highest BCUT2D eigenvalue weighted by atomic mass is 15.4. The quantitative estimate of drug-likeness (QED) is 0.584. The van der Waals surface area contributed by atoms with E-state index in [0.29, 0.717) is 12.1 Å². The SMILES string of the molecule is c1ccc(CN2C3CC2CN(c2ccc(-c4ncnc5[nH]ccc45)cn2)C3)nc1. The Bertz CT molecular complexity index is 1130. The number of nitrogens with one attached hydrogen (secondary N) is 1. The van der Waals surface area contributed by atoms with Gasteiger partial charge >= 0.3 is 0 Å². The molecule has 0 spiro atoms. The maximum atomic E-state index is 4.76. The Balaban J connectivity index is 1.18. The van der Waals surface area contributed by atoms with Crippen molar-refractivity contribution in [2.24, 2.45) is 0 Å². The number of piperidine rings is 1. The summed E-state index contributed by atoms with van der Waals surface area (Å²) in [5, 5.41) is 1.02. The van der Waals surface area contributed by atoms with Crippen molar-refractivity contribution < 1.29 is 0 Å². The lowest BCUT2D eigenvalue weighted by atomic mass is 9.87. The summed E-state index contributed by atoms with van der Waals surface area (Å²) in [6.07, 6.45) is 8.56. The van der Waals surface area contributed by atoms with E-state index >= 15 is 0 Å². The number of nitrogens with zero attached hydrogens (tertiary/aromatic N) is 6. The Morgan fingerprint density at radius 1 is 0.966 bits per heavy atom. The standard InChI is InChI=1S/C22H21N7/c1-2-7-23-16(3-1)11-29-17-9-18(29)13-28(12-17)20-5-4-15(10-25-20)21-19-6-8-24-22(19)27-14-26-21/h1-8,10,14,17-18H,9,11-13H2,(H,24,26,27). The Hall–Kier alpha value is -3.32. The fourth-order valence-corrected chi connectivity index (χ4v) is 4.63. The van der Waals surface area contributed by atoms with Gasteiger partial charge in [-0.2, -0.15) is 0 Å². The third-order valence-electron chi connectivity index (χ3n) is 6.11. The zero-order valence-corrected chi connectivity index (χ0v) is 15.9. The molecule has 2 atom stereocenters. The molecule has 2 unspecified atom stereocenters. The van der Waals surface area contributed by atoms with Crippen LogP contribution in [0.2, 0.25) is 0 Å². The fourth-order valence-electron chi connectivity index (χ4n) is 4.63. The number of rotatable bonds is 4. The highest BCUT2D eigenvalue weighted by Gasteiger charge is 2.44. The number of H-pyrrole nitrogens is 1. The molecule has 144 valence electrons. The molecule has 1 N–H and O–H groups in total. The van der Waals surface area contributed by atoms with E-state index < -0.39 is 0 Å². The average molecular weight is 383 g/mol. The average Bonchev–Trinajstić information content (AvgIpc) is 3.27. The largest absolute Gasteiger partial charge is 0.353 e. The van der Waals surface area contributed by atoms with Gasteiger partial charge in [0.2, 0.25) is 0 Å². The van der Waals surface area contributed by atoms with Crippen molar-refractivity contribution in [3.8, 4) is 11.3 Å². The minimum absolute atomic E-state index is 0.582. The van der Waals surface area contributed by atoms with Gasteiger partial charge in [0.1, 0.15) is 17.8 Å². The van der Waals surface area contributed by atoms with Crippen molar-refractivity contribution >= 4 is 16.9 Å². The third-order valence-corrected chi connectivity index (χ3v) is 6.11. The van der Waals surface area contributed by atoms with Crippen LogP contribution in [-0.4, -0.2) is 55.0 Å². The van der Waals surface area contributed by atoms with E-state index in [2.05, 4.69) is 54.0 Å². The predicted octanol–water partition coefficient (Wildman–Crippen LogP) is 2.88. The first-order chi connectivity index (χ1) is 14.3.